The largest absolute Gasteiger partial charge is 0.356 e. The van der Waals surface area contributed by atoms with Crippen LogP contribution >= 0.6 is 24.0 Å². The number of nitrogens with one attached hydrogen (secondary N) is 2. The summed E-state index contributed by atoms with van der Waals surface area (Å²) in [6.45, 7) is 5.27. The number of aliphatic imine (C=N–C) groups is 1. The summed E-state index contributed by atoms with van der Waals surface area (Å²) < 4.78 is 1.96. The second kappa shape index (κ2) is 10.9. The number of aromatic nitrogens is 2. The van der Waals surface area contributed by atoms with Gasteiger partial charge in [0.1, 0.15) is 0 Å². The van der Waals surface area contributed by atoms with Crippen molar-refractivity contribution in [3.8, 4) is 0 Å². The predicted molar refractivity (Wildman–Crippen MR) is 103 cm³/mol. The second-order valence-corrected chi connectivity index (χ2v) is 6.14. The lowest BCUT2D eigenvalue weighted by molar-refractivity contribution is 0.282. The Bertz CT molecular complexity index is 418. The van der Waals surface area contributed by atoms with Crippen molar-refractivity contribution in [1.29, 1.82) is 0 Å². The molecule has 0 aliphatic heterocycles. The fourth-order valence-electron chi connectivity index (χ4n) is 3.09. The molecule has 1 aromatic heterocycles. The number of hydrogen-bond donors (Lipinski definition) is 2. The molecule has 1 fully saturated rings. The van der Waals surface area contributed by atoms with Gasteiger partial charge in [0.15, 0.2) is 5.96 Å². The van der Waals surface area contributed by atoms with Crippen LogP contribution in [-0.4, -0.2) is 35.9 Å². The van der Waals surface area contributed by atoms with E-state index in [0.717, 1.165) is 43.9 Å². The van der Waals surface area contributed by atoms with E-state index < -0.39 is 0 Å². The highest BCUT2D eigenvalue weighted by atomic mass is 127. The van der Waals surface area contributed by atoms with Gasteiger partial charge in [-0.05, 0) is 37.2 Å². The van der Waals surface area contributed by atoms with Crippen LogP contribution in [0.4, 0.5) is 0 Å². The zero-order chi connectivity index (χ0) is 14.9. The van der Waals surface area contributed by atoms with Gasteiger partial charge in [-0.1, -0.05) is 19.8 Å². The zero-order valence-electron chi connectivity index (χ0n) is 13.8. The Balaban J connectivity index is 0.00000242. The van der Waals surface area contributed by atoms with Crippen LogP contribution in [0, 0.1) is 11.8 Å². The van der Waals surface area contributed by atoms with Crippen molar-refractivity contribution < 1.29 is 0 Å². The number of aryl methyl sites for hydroxylation is 1. The highest BCUT2D eigenvalue weighted by Gasteiger charge is 2.18. The van der Waals surface area contributed by atoms with Crippen LogP contribution < -0.4 is 10.6 Å². The monoisotopic (exact) mass is 419 g/mol. The van der Waals surface area contributed by atoms with E-state index in [9.17, 15) is 0 Å². The molecule has 6 heteroatoms. The van der Waals surface area contributed by atoms with Crippen molar-refractivity contribution in [2.75, 3.05) is 20.1 Å². The minimum atomic E-state index is 0. The van der Waals surface area contributed by atoms with Gasteiger partial charge in [0.2, 0.25) is 0 Å². The molecule has 126 valence electrons. The van der Waals surface area contributed by atoms with Crippen LogP contribution in [0.5, 0.6) is 0 Å². The quantitative estimate of drug-likeness (QED) is 0.323. The summed E-state index contributed by atoms with van der Waals surface area (Å²) in [4.78, 5) is 4.30. The molecule has 22 heavy (non-hydrogen) atoms. The molecule has 1 heterocycles. The third kappa shape index (κ3) is 6.98. The summed E-state index contributed by atoms with van der Waals surface area (Å²) in [5.74, 6) is 2.61. The van der Waals surface area contributed by atoms with Crippen molar-refractivity contribution in [3.63, 3.8) is 0 Å². The third-order valence-corrected chi connectivity index (χ3v) is 4.24. The molecule has 2 atom stereocenters. The molecule has 0 aromatic carbocycles. The summed E-state index contributed by atoms with van der Waals surface area (Å²) in [6, 6.07) is 1.96. The summed E-state index contributed by atoms with van der Waals surface area (Å²) in [5.41, 5.74) is 0. The molecular weight excluding hydrogens is 389 g/mol. The summed E-state index contributed by atoms with van der Waals surface area (Å²) >= 11 is 0. The van der Waals surface area contributed by atoms with Crippen LogP contribution in [0.3, 0.4) is 0 Å². The number of halogens is 1. The lowest BCUT2D eigenvalue weighted by Gasteiger charge is -2.27. The van der Waals surface area contributed by atoms with Gasteiger partial charge in [-0.25, -0.2) is 0 Å². The van der Waals surface area contributed by atoms with Crippen molar-refractivity contribution in [1.82, 2.24) is 20.4 Å². The van der Waals surface area contributed by atoms with Crippen LogP contribution in [0.15, 0.2) is 23.5 Å². The number of hydrogen-bond acceptors (Lipinski definition) is 2. The Morgan fingerprint density at radius 2 is 2.23 bits per heavy atom. The molecule has 2 N–H and O–H groups in total. The Morgan fingerprint density at radius 1 is 1.36 bits per heavy atom. The van der Waals surface area contributed by atoms with Gasteiger partial charge in [-0.3, -0.25) is 9.67 Å². The van der Waals surface area contributed by atoms with E-state index in [1.807, 2.05) is 30.2 Å². The van der Waals surface area contributed by atoms with Gasteiger partial charge in [0, 0.05) is 39.1 Å². The maximum atomic E-state index is 4.30. The van der Waals surface area contributed by atoms with Crippen molar-refractivity contribution in [2.24, 2.45) is 16.8 Å². The fraction of sp³-hybridized carbons (Fsp3) is 0.750. The molecule has 0 bridgehead atoms. The van der Waals surface area contributed by atoms with Gasteiger partial charge in [-0.15, -0.1) is 24.0 Å². The molecule has 5 nitrogen and oxygen atoms in total. The van der Waals surface area contributed by atoms with E-state index in [1.54, 1.807) is 0 Å². The average molecular weight is 419 g/mol. The summed E-state index contributed by atoms with van der Waals surface area (Å²) in [7, 11) is 1.84. The van der Waals surface area contributed by atoms with Crippen LogP contribution in [0.1, 0.15) is 39.0 Å². The van der Waals surface area contributed by atoms with E-state index in [-0.39, 0.29) is 24.0 Å². The first-order chi connectivity index (χ1) is 10.3. The second-order valence-electron chi connectivity index (χ2n) is 6.14. The molecule has 1 aliphatic carbocycles. The van der Waals surface area contributed by atoms with Gasteiger partial charge in [-0.2, -0.15) is 5.10 Å². The van der Waals surface area contributed by atoms with E-state index in [1.165, 1.54) is 25.7 Å². The fourth-order valence-corrected chi connectivity index (χ4v) is 3.09. The highest BCUT2D eigenvalue weighted by Crippen LogP contribution is 2.27. The van der Waals surface area contributed by atoms with E-state index in [0.29, 0.717) is 0 Å². The minimum Gasteiger partial charge on any atom is -0.356 e. The Morgan fingerprint density at radius 3 is 2.91 bits per heavy atom. The minimum absolute atomic E-state index is 0. The molecule has 0 spiro atoms. The normalized spacial score (nSPS) is 22.0. The number of nitrogens with zero attached hydrogens (tertiary/aromatic N) is 3. The maximum absolute atomic E-state index is 4.30. The van der Waals surface area contributed by atoms with E-state index >= 15 is 0 Å². The topological polar surface area (TPSA) is 54.2 Å². The summed E-state index contributed by atoms with van der Waals surface area (Å²) in [6.07, 6.45) is 10.3. The van der Waals surface area contributed by atoms with Crippen LogP contribution in [-0.2, 0) is 6.54 Å². The molecular formula is C16H30IN5. The molecule has 0 saturated heterocycles. The highest BCUT2D eigenvalue weighted by molar-refractivity contribution is 14.0. The van der Waals surface area contributed by atoms with E-state index in [4.69, 9.17) is 0 Å². The first-order valence-corrected chi connectivity index (χ1v) is 8.20. The van der Waals surface area contributed by atoms with E-state index in [2.05, 4.69) is 27.6 Å². The average Bonchev–Trinajstić information content (AvgIpc) is 3.00. The molecule has 1 aliphatic rings. The van der Waals surface area contributed by atoms with Gasteiger partial charge < -0.3 is 10.6 Å². The molecule has 1 saturated carbocycles. The van der Waals surface area contributed by atoms with Crippen LogP contribution in [0.2, 0.25) is 0 Å². The SMILES string of the molecule is CN=C(NCCCn1cccn1)NCC1CCCC(C)C1.I. The van der Waals surface area contributed by atoms with Crippen LogP contribution in [0.25, 0.3) is 0 Å². The summed E-state index contributed by atoms with van der Waals surface area (Å²) in [5, 5.41) is 11.1. The Hall–Kier alpha value is -0.790. The molecule has 1 aromatic rings. The molecule has 2 rings (SSSR count). The van der Waals surface area contributed by atoms with Gasteiger partial charge in [0.25, 0.3) is 0 Å². The zero-order valence-corrected chi connectivity index (χ0v) is 16.1. The molecule has 0 radical (unpaired) electrons. The standard InChI is InChI=1S/C16H29N5.HI/c1-14-6-3-7-15(12-14)13-19-16(17-2)18-8-4-10-21-11-5-9-20-21;/h5,9,11,14-15H,3-4,6-8,10,12-13H2,1-2H3,(H2,17,18,19);1H. The predicted octanol–water partition coefficient (Wildman–Crippen LogP) is 2.88. The maximum Gasteiger partial charge on any atom is 0.190 e. The van der Waals surface area contributed by atoms with Gasteiger partial charge in [0.05, 0.1) is 0 Å². The number of guanidine groups is 1. The molecule has 2 unspecified atom stereocenters. The first-order valence-electron chi connectivity index (χ1n) is 8.20. The Labute approximate surface area is 151 Å². The van der Waals surface area contributed by atoms with Crippen molar-refractivity contribution in [2.45, 2.75) is 45.6 Å². The Kier molecular flexibility index (Phi) is 9.50. The van der Waals surface area contributed by atoms with Crippen molar-refractivity contribution in [3.05, 3.63) is 18.5 Å². The first kappa shape index (κ1) is 19.3. The van der Waals surface area contributed by atoms with Gasteiger partial charge >= 0.3 is 0 Å². The lowest BCUT2D eigenvalue weighted by Crippen LogP contribution is -2.41. The molecule has 0 amide bonds. The third-order valence-electron chi connectivity index (χ3n) is 4.24. The number of rotatable bonds is 6. The smallest absolute Gasteiger partial charge is 0.190 e. The lowest BCUT2D eigenvalue weighted by atomic mass is 9.82. The van der Waals surface area contributed by atoms with Crippen molar-refractivity contribution >= 4 is 29.9 Å².